The minimum absolute atomic E-state index is 0.0310. The second kappa shape index (κ2) is 9.09. The summed E-state index contributed by atoms with van der Waals surface area (Å²) in [7, 11) is 0. The van der Waals surface area contributed by atoms with Gasteiger partial charge in [-0.3, -0.25) is 24.4 Å². The Morgan fingerprint density at radius 3 is 2.73 bits per heavy atom. The Kier molecular flexibility index (Phi) is 6.57. The van der Waals surface area contributed by atoms with Gasteiger partial charge in [0.15, 0.2) is 0 Å². The van der Waals surface area contributed by atoms with E-state index in [1.54, 1.807) is 0 Å². The number of hydrogen-bond donors (Lipinski definition) is 2. The van der Waals surface area contributed by atoms with Crippen molar-refractivity contribution in [2.75, 3.05) is 32.7 Å². The maximum absolute atomic E-state index is 12.2. The molecule has 2 saturated heterocycles. The summed E-state index contributed by atoms with van der Waals surface area (Å²) >= 11 is 0. The molecule has 2 fully saturated rings. The third-order valence-corrected chi connectivity index (χ3v) is 5.46. The van der Waals surface area contributed by atoms with Crippen molar-refractivity contribution in [2.24, 2.45) is 11.7 Å². The number of nitrogens with one attached hydrogen (secondary N) is 1. The lowest BCUT2D eigenvalue weighted by Gasteiger charge is -2.42. The highest BCUT2D eigenvalue weighted by Gasteiger charge is 2.31. The topological polar surface area (TPSA) is 91.6 Å². The third kappa shape index (κ3) is 5.25. The summed E-state index contributed by atoms with van der Waals surface area (Å²) in [5, 5.41) is 2.66. The standard InChI is InChI=1S/C19H29N5O2/c20-18(25)12-22-19(26)16-4-2-8-24(14-16)17-5-9-23(10-6-17)13-15-3-1-7-21-11-15/h1,3,7,11,16-17H,2,4-6,8-10,12-14H2,(H2,20,25)(H,22,26). The molecule has 3 N–H and O–H groups in total. The van der Waals surface area contributed by atoms with E-state index in [1.165, 1.54) is 5.56 Å². The molecule has 1 unspecified atom stereocenters. The zero-order valence-electron chi connectivity index (χ0n) is 15.3. The van der Waals surface area contributed by atoms with Crippen molar-refractivity contribution in [3.63, 3.8) is 0 Å². The fourth-order valence-electron chi connectivity index (χ4n) is 4.06. The molecule has 0 bridgehead atoms. The lowest BCUT2D eigenvalue weighted by molar-refractivity contribution is -0.129. The molecule has 2 amide bonds. The monoisotopic (exact) mass is 359 g/mol. The van der Waals surface area contributed by atoms with Gasteiger partial charge in [-0.05, 0) is 56.9 Å². The molecule has 2 aliphatic rings. The summed E-state index contributed by atoms with van der Waals surface area (Å²) < 4.78 is 0. The van der Waals surface area contributed by atoms with E-state index < -0.39 is 5.91 Å². The van der Waals surface area contributed by atoms with Gasteiger partial charge in [0.25, 0.3) is 0 Å². The molecule has 0 saturated carbocycles. The van der Waals surface area contributed by atoms with Crippen LogP contribution in [0.15, 0.2) is 24.5 Å². The van der Waals surface area contributed by atoms with Crippen molar-refractivity contribution in [3.05, 3.63) is 30.1 Å². The number of likely N-dealkylation sites (tertiary alicyclic amines) is 2. The predicted octanol–water partition coefficient (Wildman–Crippen LogP) is 0.360. The number of primary amides is 1. The number of hydrogen-bond acceptors (Lipinski definition) is 5. The SMILES string of the molecule is NC(=O)CNC(=O)C1CCCN(C2CCN(Cc3cccnc3)CC2)C1. The van der Waals surface area contributed by atoms with Crippen LogP contribution >= 0.6 is 0 Å². The van der Waals surface area contributed by atoms with Gasteiger partial charge in [-0.25, -0.2) is 0 Å². The Labute approximate surface area is 154 Å². The zero-order valence-corrected chi connectivity index (χ0v) is 15.3. The number of carbonyl (C=O) groups is 2. The smallest absolute Gasteiger partial charge is 0.236 e. The van der Waals surface area contributed by atoms with Crippen LogP contribution in [0.25, 0.3) is 0 Å². The van der Waals surface area contributed by atoms with Gasteiger partial charge in [-0.1, -0.05) is 6.07 Å². The van der Waals surface area contributed by atoms with Gasteiger partial charge in [0.1, 0.15) is 0 Å². The van der Waals surface area contributed by atoms with Crippen LogP contribution in [-0.2, 0) is 16.1 Å². The van der Waals surface area contributed by atoms with Crippen molar-refractivity contribution < 1.29 is 9.59 Å². The summed E-state index contributed by atoms with van der Waals surface area (Å²) in [4.78, 5) is 32.2. The van der Waals surface area contributed by atoms with Gasteiger partial charge < -0.3 is 11.1 Å². The molecule has 0 aliphatic carbocycles. The molecular weight excluding hydrogens is 330 g/mol. The van der Waals surface area contributed by atoms with Crippen molar-refractivity contribution in [1.29, 1.82) is 0 Å². The second-order valence-corrected chi connectivity index (χ2v) is 7.39. The van der Waals surface area contributed by atoms with Crippen LogP contribution in [0.1, 0.15) is 31.2 Å². The van der Waals surface area contributed by atoms with E-state index in [9.17, 15) is 9.59 Å². The van der Waals surface area contributed by atoms with Gasteiger partial charge in [0, 0.05) is 31.5 Å². The van der Waals surface area contributed by atoms with Crippen LogP contribution in [0.2, 0.25) is 0 Å². The molecule has 0 aromatic carbocycles. The summed E-state index contributed by atoms with van der Waals surface area (Å²) in [6, 6.07) is 4.66. The van der Waals surface area contributed by atoms with Crippen LogP contribution in [0.3, 0.4) is 0 Å². The maximum Gasteiger partial charge on any atom is 0.236 e. The molecule has 7 nitrogen and oxygen atoms in total. The Hall–Kier alpha value is -1.99. The number of nitrogens with zero attached hydrogens (tertiary/aromatic N) is 3. The maximum atomic E-state index is 12.2. The number of piperidine rings is 2. The molecule has 0 spiro atoms. The summed E-state index contributed by atoms with van der Waals surface area (Å²) in [6.45, 7) is 4.90. The molecule has 1 aromatic rings. The summed E-state index contributed by atoms with van der Waals surface area (Å²) in [5.41, 5.74) is 6.37. The van der Waals surface area contributed by atoms with Gasteiger partial charge in [-0.15, -0.1) is 0 Å². The van der Waals surface area contributed by atoms with E-state index >= 15 is 0 Å². The first-order chi connectivity index (χ1) is 12.6. The number of rotatable bonds is 6. The number of nitrogens with two attached hydrogens (primary N) is 1. The highest BCUT2D eigenvalue weighted by molar-refractivity contribution is 5.85. The van der Waals surface area contributed by atoms with E-state index in [4.69, 9.17) is 5.73 Å². The summed E-state index contributed by atoms with van der Waals surface area (Å²) in [6.07, 6.45) is 7.94. The van der Waals surface area contributed by atoms with Crippen molar-refractivity contribution in [3.8, 4) is 0 Å². The van der Waals surface area contributed by atoms with Gasteiger partial charge in [0.05, 0.1) is 12.5 Å². The lowest BCUT2D eigenvalue weighted by atomic mass is 9.93. The van der Waals surface area contributed by atoms with Crippen LogP contribution in [0.5, 0.6) is 0 Å². The first-order valence-corrected chi connectivity index (χ1v) is 9.53. The van der Waals surface area contributed by atoms with E-state index in [1.807, 2.05) is 18.5 Å². The second-order valence-electron chi connectivity index (χ2n) is 7.39. The van der Waals surface area contributed by atoms with Crippen molar-refractivity contribution in [1.82, 2.24) is 20.1 Å². The molecule has 142 valence electrons. The van der Waals surface area contributed by atoms with E-state index in [-0.39, 0.29) is 18.4 Å². The molecule has 7 heteroatoms. The molecule has 2 aliphatic heterocycles. The van der Waals surface area contributed by atoms with Crippen molar-refractivity contribution >= 4 is 11.8 Å². The van der Waals surface area contributed by atoms with Crippen LogP contribution < -0.4 is 11.1 Å². The van der Waals surface area contributed by atoms with E-state index in [0.717, 1.165) is 58.4 Å². The van der Waals surface area contributed by atoms with E-state index in [2.05, 4.69) is 26.2 Å². The average Bonchev–Trinajstić information content (AvgIpc) is 2.67. The number of amides is 2. The predicted molar refractivity (Wildman–Crippen MR) is 99.0 cm³/mol. The highest BCUT2D eigenvalue weighted by Crippen LogP contribution is 2.24. The first-order valence-electron chi connectivity index (χ1n) is 9.53. The van der Waals surface area contributed by atoms with Crippen LogP contribution in [0, 0.1) is 5.92 Å². The van der Waals surface area contributed by atoms with Crippen LogP contribution in [-0.4, -0.2) is 65.4 Å². The molecule has 26 heavy (non-hydrogen) atoms. The average molecular weight is 359 g/mol. The molecule has 1 aromatic heterocycles. The highest BCUT2D eigenvalue weighted by atomic mass is 16.2. The molecular formula is C19H29N5O2. The molecule has 0 radical (unpaired) electrons. The molecule has 3 rings (SSSR count). The normalized spacial score (nSPS) is 22.8. The summed E-state index contributed by atoms with van der Waals surface area (Å²) in [5.74, 6) is -0.564. The Morgan fingerprint density at radius 2 is 2.04 bits per heavy atom. The fourth-order valence-corrected chi connectivity index (χ4v) is 4.06. The minimum Gasteiger partial charge on any atom is -0.368 e. The fraction of sp³-hybridized carbons (Fsp3) is 0.632. The zero-order chi connectivity index (χ0) is 18.4. The molecule has 1 atom stereocenters. The number of pyridine rings is 1. The van der Waals surface area contributed by atoms with Gasteiger partial charge in [-0.2, -0.15) is 0 Å². The molecule has 3 heterocycles. The quantitative estimate of drug-likeness (QED) is 0.765. The Morgan fingerprint density at radius 1 is 1.23 bits per heavy atom. The Balaban J connectivity index is 1.45. The van der Waals surface area contributed by atoms with Gasteiger partial charge in [0.2, 0.25) is 11.8 Å². The lowest BCUT2D eigenvalue weighted by Crippen LogP contribution is -2.51. The van der Waals surface area contributed by atoms with Gasteiger partial charge >= 0.3 is 0 Å². The largest absolute Gasteiger partial charge is 0.368 e. The van der Waals surface area contributed by atoms with Crippen LogP contribution in [0.4, 0.5) is 0 Å². The number of aromatic nitrogens is 1. The minimum atomic E-state index is -0.494. The van der Waals surface area contributed by atoms with Crippen molar-refractivity contribution in [2.45, 2.75) is 38.3 Å². The Bertz CT molecular complexity index is 601. The first kappa shape index (κ1) is 18.8. The third-order valence-electron chi connectivity index (χ3n) is 5.46. The van der Waals surface area contributed by atoms with E-state index in [0.29, 0.717) is 6.04 Å². The number of carbonyl (C=O) groups excluding carboxylic acids is 2.